The van der Waals surface area contributed by atoms with E-state index in [-0.39, 0.29) is 7.92 Å². The van der Waals surface area contributed by atoms with Crippen molar-refractivity contribution in [2.45, 2.75) is 31.3 Å². The van der Waals surface area contributed by atoms with Crippen LogP contribution < -0.4 is 10.6 Å². The SMILES string of the molecule is c1ccc(P(c2ccccc2)[C@@H]2C[C@H]3CC[C@H]2C3)cc1. The van der Waals surface area contributed by atoms with Gasteiger partial charge in [-0.25, -0.2) is 0 Å². The summed E-state index contributed by atoms with van der Waals surface area (Å²) in [5.74, 6) is 2.02. The van der Waals surface area contributed by atoms with Gasteiger partial charge in [-0.1, -0.05) is 67.1 Å². The highest BCUT2D eigenvalue weighted by Gasteiger charge is 2.43. The summed E-state index contributed by atoms with van der Waals surface area (Å²) in [6, 6.07) is 22.5. The molecule has 2 aromatic carbocycles. The van der Waals surface area contributed by atoms with Gasteiger partial charge in [0.05, 0.1) is 0 Å². The molecule has 0 spiro atoms. The fourth-order valence-electron chi connectivity index (χ4n) is 4.24. The number of fused-ring (bicyclic) bond motifs is 2. The number of hydrogen-bond donors (Lipinski definition) is 0. The molecule has 3 atom stereocenters. The van der Waals surface area contributed by atoms with Gasteiger partial charge in [0, 0.05) is 0 Å². The van der Waals surface area contributed by atoms with Crippen LogP contribution in [0.1, 0.15) is 25.7 Å². The van der Waals surface area contributed by atoms with Crippen LogP contribution in [0.15, 0.2) is 60.7 Å². The largest absolute Gasteiger partial charge is 0.0622 e. The molecule has 0 unspecified atom stereocenters. The van der Waals surface area contributed by atoms with Crippen molar-refractivity contribution in [2.24, 2.45) is 11.8 Å². The Morgan fingerprint density at radius 3 is 1.75 bits per heavy atom. The van der Waals surface area contributed by atoms with E-state index in [1.54, 1.807) is 10.6 Å². The lowest BCUT2D eigenvalue weighted by molar-refractivity contribution is 0.489. The van der Waals surface area contributed by atoms with Crippen LogP contribution in [-0.2, 0) is 0 Å². The topological polar surface area (TPSA) is 0 Å². The molecule has 0 amide bonds. The van der Waals surface area contributed by atoms with Crippen molar-refractivity contribution in [3.63, 3.8) is 0 Å². The van der Waals surface area contributed by atoms with Crippen LogP contribution in [-0.4, -0.2) is 5.66 Å². The van der Waals surface area contributed by atoms with Crippen molar-refractivity contribution in [1.29, 1.82) is 0 Å². The molecule has 2 fully saturated rings. The lowest BCUT2D eigenvalue weighted by Crippen LogP contribution is -2.25. The number of rotatable bonds is 3. The first kappa shape index (κ1) is 12.6. The normalized spacial score (nSPS) is 28.1. The van der Waals surface area contributed by atoms with E-state index in [1.165, 1.54) is 25.7 Å². The van der Waals surface area contributed by atoms with Crippen molar-refractivity contribution in [3.05, 3.63) is 60.7 Å². The fraction of sp³-hybridized carbons (Fsp3) is 0.368. The van der Waals surface area contributed by atoms with Crippen molar-refractivity contribution in [3.8, 4) is 0 Å². The zero-order valence-corrected chi connectivity index (χ0v) is 12.7. The Hall–Kier alpha value is -1.13. The van der Waals surface area contributed by atoms with Crippen LogP contribution in [0.5, 0.6) is 0 Å². The van der Waals surface area contributed by atoms with Crippen LogP contribution in [0.4, 0.5) is 0 Å². The molecule has 0 heterocycles. The Bertz CT molecular complexity index is 523. The van der Waals surface area contributed by atoms with E-state index < -0.39 is 0 Å². The predicted molar refractivity (Wildman–Crippen MR) is 88.3 cm³/mol. The molecule has 2 aromatic rings. The minimum absolute atomic E-state index is 0.167. The quantitative estimate of drug-likeness (QED) is 0.735. The van der Waals surface area contributed by atoms with Gasteiger partial charge >= 0.3 is 0 Å². The molecule has 0 aliphatic heterocycles. The summed E-state index contributed by atoms with van der Waals surface area (Å²) in [5.41, 5.74) is 0.925. The predicted octanol–water partition coefficient (Wildman–Crippen LogP) is 4.31. The maximum Gasteiger partial charge on any atom is -0.00977 e. The van der Waals surface area contributed by atoms with Crippen LogP contribution in [0.25, 0.3) is 0 Å². The third-order valence-corrected chi connectivity index (χ3v) is 8.11. The lowest BCUT2D eigenvalue weighted by atomic mass is 10.0. The molecular weight excluding hydrogens is 259 g/mol. The first-order valence-corrected chi connectivity index (χ1v) is 9.22. The van der Waals surface area contributed by atoms with Gasteiger partial charge in [-0.05, 0) is 55.3 Å². The molecule has 0 aromatic heterocycles. The molecule has 2 saturated carbocycles. The highest BCUT2D eigenvalue weighted by Crippen LogP contribution is 2.57. The second-order valence-electron chi connectivity index (χ2n) is 6.28. The molecule has 0 N–H and O–H groups in total. The molecule has 102 valence electrons. The first-order valence-electron chi connectivity index (χ1n) is 7.81. The summed E-state index contributed by atoms with van der Waals surface area (Å²) in [6.45, 7) is 0. The van der Waals surface area contributed by atoms with Crippen LogP contribution >= 0.6 is 7.92 Å². The third-order valence-electron chi connectivity index (χ3n) is 5.10. The summed E-state index contributed by atoms with van der Waals surface area (Å²) >= 11 is 0. The molecule has 2 aliphatic carbocycles. The lowest BCUT2D eigenvalue weighted by Gasteiger charge is -2.31. The maximum absolute atomic E-state index is 2.35. The standard InChI is InChI=1S/C19H21P/c1-3-7-17(8-4-1)20(18-9-5-2-6-10-18)19-14-15-11-12-16(19)13-15/h1-10,15-16,19H,11-14H2/t15-,16-,19+/m0/s1. The van der Waals surface area contributed by atoms with E-state index in [0.29, 0.717) is 0 Å². The average molecular weight is 280 g/mol. The zero-order chi connectivity index (χ0) is 13.4. The monoisotopic (exact) mass is 280 g/mol. The smallest absolute Gasteiger partial charge is 0.00977 e. The molecule has 1 heteroatoms. The van der Waals surface area contributed by atoms with E-state index in [9.17, 15) is 0 Å². The van der Waals surface area contributed by atoms with E-state index in [1.807, 2.05) is 0 Å². The summed E-state index contributed by atoms with van der Waals surface area (Å²) < 4.78 is 0. The van der Waals surface area contributed by atoms with Crippen molar-refractivity contribution in [2.75, 3.05) is 0 Å². The van der Waals surface area contributed by atoms with Gasteiger partial charge in [-0.3, -0.25) is 0 Å². The second kappa shape index (κ2) is 5.34. The highest BCUT2D eigenvalue weighted by molar-refractivity contribution is 7.73. The second-order valence-corrected chi connectivity index (χ2v) is 8.72. The van der Waals surface area contributed by atoms with Gasteiger partial charge in [-0.2, -0.15) is 0 Å². The number of hydrogen-bond acceptors (Lipinski definition) is 0. The van der Waals surface area contributed by atoms with Crippen LogP contribution in [0.3, 0.4) is 0 Å². The Morgan fingerprint density at radius 2 is 1.30 bits per heavy atom. The molecular formula is C19H21P. The van der Waals surface area contributed by atoms with Gasteiger partial charge in [0.15, 0.2) is 0 Å². The summed E-state index contributed by atoms with van der Waals surface area (Å²) in [7, 11) is -0.167. The summed E-state index contributed by atoms with van der Waals surface area (Å²) in [4.78, 5) is 0. The average Bonchev–Trinajstić information content (AvgIpc) is 3.13. The maximum atomic E-state index is 2.35. The van der Waals surface area contributed by atoms with E-state index >= 15 is 0 Å². The van der Waals surface area contributed by atoms with Crippen molar-refractivity contribution < 1.29 is 0 Å². The Balaban J connectivity index is 1.74. The summed E-state index contributed by atoms with van der Waals surface area (Å²) in [6.07, 6.45) is 5.95. The Kier molecular flexibility index (Phi) is 3.36. The van der Waals surface area contributed by atoms with Crippen LogP contribution in [0.2, 0.25) is 0 Å². The van der Waals surface area contributed by atoms with Gasteiger partial charge in [0.25, 0.3) is 0 Å². The Labute approximate surface area is 123 Å². The van der Waals surface area contributed by atoms with Crippen LogP contribution in [0, 0.1) is 11.8 Å². The zero-order valence-electron chi connectivity index (χ0n) is 11.8. The highest BCUT2D eigenvalue weighted by atomic mass is 31.1. The Morgan fingerprint density at radius 1 is 0.700 bits per heavy atom. The van der Waals surface area contributed by atoms with Gasteiger partial charge in [0.1, 0.15) is 0 Å². The van der Waals surface area contributed by atoms with E-state index in [0.717, 1.165) is 17.5 Å². The molecule has 2 aliphatic rings. The molecule has 20 heavy (non-hydrogen) atoms. The fourth-order valence-corrected chi connectivity index (χ4v) is 7.49. The minimum atomic E-state index is -0.167. The van der Waals surface area contributed by atoms with Gasteiger partial charge in [-0.15, -0.1) is 0 Å². The van der Waals surface area contributed by atoms with Crippen molar-refractivity contribution >= 4 is 18.5 Å². The molecule has 0 radical (unpaired) electrons. The third kappa shape index (κ3) is 2.21. The van der Waals surface area contributed by atoms with E-state index in [2.05, 4.69) is 60.7 Å². The molecule has 2 bridgehead atoms. The molecule has 0 nitrogen and oxygen atoms in total. The van der Waals surface area contributed by atoms with Gasteiger partial charge < -0.3 is 0 Å². The van der Waals surface area contributed by atoms with E-state index in [4.69, 9.17) is 0 Å². The van der Waals surface area contributed by atoms with Crippen molar-refractivity contribution in [1.82, 2.24) is 0 Å². The molecule has 4 rings (SSSR count). The molecule has 0 saturated heterocycles. The van der Waals surface area contributed by atoms with Gasteiger partial charge in [0.2, 0.25) is 0 Å². The number of benzene rings is 2. The first-order chi connectivity index (χ1) is 9.92. The summed E-state index contributed by atoms with van der Waals surface area (Å²) in [5, 5.41) is 3.15. The minimum Gasteiger partial charge on any atom is -0.0622 e.